The van der Waals surface area contributed by atoms with Gasteiger partial charge in [-0.05, 0) is 24.7 Å². The van der Waals surface area contributed by atoms with Crippen LogP contribution in [0.2, 0.25) is 0 Å². The van der Waals surface area contributed by atoms with E-state index in [1.807, 2.05) is 20.8 Å². The molecule has 0 radical (unpaired) electrons. The van der Waals surface area contributed by atoms with Crippen molar-refractivity contribution in [2.75, 3.05) is 0 Å². The molecule has 0 aromatic carbocycles. The Bertz CT molecular complexity index is 890. The molecular formula is C23H39N7O6. The molecule has 1 heterocycles. The third-order valence-electron chi connectivity index (χ3n) is 5.77. The normalized spacial score (nSPS) is 15.3. The Morgan fingerprint density at radius 2 is 1.67 bits per heavy atom. The van der Waals surface area contributed by atoms with Crippen molar-refractivity contribution in [3.05, 3.63) is 18.2 Å². The number of carboxylic acid groups (broad SMARTS) is 1. The predicted molar refractivity (Wildman–Crippen MR) is 131 cm³/mol. The summed E-state index contributed by atoms with van der Waals surface area (Å²) in [5, 5.41) is 17.2. The molecule has 0 aliphatic heterocycles. The number of aromatic amines is 1. The van der Waals surface area contributed by atoms with Gasteiger partial charge in [-0.25, -0.2) is 9.78 Å². The van der Waals surface area contributed by atoms with Gasteiger partial charge in [-0.1, -0.05) is 34.1 Å². The topological polar surface area (TPSA) is 222 Å². The molecule has 0 saturated carbocycles. The highest BCUT2D eigenvalue weighted by Crippen LogP contribution is 2.11. The first-order valence-corrected chi connectivity index (χ1v) is 12.0. The molecule has 5 unspecified atom stereocenters. The molecule has 1 aromatic heterocycles. The molecule has 0 saturated heterocycles. The molecule has 0 spiro atoms. The molecule has 0 bridgehead atoms. The van der Waals surface area contributed by atoms with E-state index in [1.54, 1.807) is 6.92 Å². The first-order chi connectivity index (χ1) is 16.8. The minimum atomic E-state index is -1.18. The minimum Gasteiger partial charge on any atom is -0.480 e. The quantitative estimate of drug-likeness (QED) is 0.149. The first kappa shape index (κ1) is 30.6. The Balaban J connectivity index is 3.07. The van der Waals surface area contributed by atoms with Crippen LogP contribution in [0.5, 0.6) is 0 Å². The highest BCUT2D eigenvalue weighted by Gasteiger charge is 2.33. The van der Waals surface area contributed by atoms with Crippen molar-refractivity contribution in [1.29, 1.82) is 0 Å². The smallest absolute Gasteiger partial charge is 0.326 e. The summed E-state index contributed by atoms with van der Waals surface area (Å²) in [5.74, 6) is -4.03. The van der Waals surface area contributed by atoms with E-state index in [9.17, 15) is 29.1 Å². The average Bonchev–Trinajstić information content (AvgIpc) is 3.31. The summed E-state index contributed by atoms with van der Waals surface area (Å²) < 4.78 is 0. The van der Waals surface area contributed by atoms with Gasteiger partial charge >= 0.3 is 5.97 Å². The number of H-pyrrole nitrogens is 1. The SMILES string of the molecule is CCC(C)C(NC(=O)C(N)CCC(N)=O)C(=O)NC(Cc1cnc[nH]1)C(=O)NC(CC(C)C)C(=O)O. The fraction of sp³-hybridized carbons (Fsp3) is 0.652. The average molecular weight is 510 g/mol. The Kier molecular flexibility index (Phi) is 12.6. The maximum absolute atomic E-state index is 13.2. The number of aromatic nitrogens is 2. The fourth-order valence-corrected chi connectivity index (χ4v) is 3.44. The van der Waals surface area contributed by atoms with Crippen LogP contribution in [0.4, 0.5) is 0 Å². The van der Waals surface area contributed by atoms with Gasteiger partial charge in [-0.2, -0.15) is 0 Å². The van der Waals surface area contributed by atoms with E-state index in [0.29, 0.717) is 12.1 Å². The van der Waals surface area contributed by atoms with E-state index in [4.69, 9.17) is 11.5 Å². The van der Waals surface area contributed by atoms with Crippen LogP contribution in [0.15, 0.2) is 12.5 Å². The zero-order valence-electron chi connectivity index (χ0n) is 21.2. The minimum absolute atomic E-state index is 0.0100. The van der Waals surface area contributed by atoms with Gasteiger partial charge in [0.25, 0.3) is 0 Å². The van der Waals surface area contributed by atoms with Crippen molar-refractivity contribution in [2.45, 2.75) is 84.0 Å². The molecule has 5 atom stereocenters. The number of primary amides is 1. The maximum atomic E-state index is 13.2. The molecule has 13 nitrogen and oxygen atoms in total. The second-order valence-corrected chi connectivity index (χ2v) is 9.35. The van der Waals surface area contributed by atoms with Crippen LogP contribution in [0, 0.1) is 11.8 Å². The molecule has 202 valence electrons. The van der Waals surface area contributed by atoms with Crippen LogP contribution < -0.4 is 27.4 Å². The summed E-state index contributed by atoms with van der Waals surface area (Å²) in [5.41, 5.74) is 11.5. The fourth-order valence-electron chi connectivity index (χ4n) is 3.44. The summed E-state index contributed by atoms with van der Waals surface area (Å²) in [4.78, 5) is 68.3. The molecule has 1 aromatic rings. The molecular weight excluding hydrogens is 470 g/mol. The van der Waals surface area contributed by atoms with E-state index in [2.05, 4.69) is 25.9 Å². The van der Waals surface area contributed by atoms with Gasteiger partial charge < -0.3 is 37.5 Å². The van der Waals surface area contributed by atoms with Crippen LogP contribution in [-0.2, 0) is 30.4 Å². The highest BCUT2D eigenvalue weighted by molar-refractivity contribution is 5.94. The van der Waals surface area contributed by atoms with Gasteiger partial charge in [-0.3, -0.25) is 19.2 Å². The van der Waals surface area contributed by atoms with Crippen LogP contribution in [0.3, 0.4) is 0 Å². The van der Waals surface area contributed by atoms with Crippen molar-refractivity contribution in [1.82, 2.24) is 25.9 Å². The van der Waals surface area contributed by atoms with Gasteiger partial charge in [0.05, 0.1) is 12.4 Å². The second-order valence-electron chi connectivity index (χ2n) is 9.35. The molecule has 0 fully saturated rings. The van der Waals surface area contributed by atoms with Gasteiger partial charge in [0.15, 0.2) is 0 Å². The molecule has 9 N–H and O–H groups in total. The van der Waals surface area contributed by atoms with Crippen molar-refractivity contribution in [2.24, 2.45) is 23.3 Å². The summed E-state index contributed by atoms with van der Waals surface area (Å²) in [7, 11) is 0. The number of hydrogen-bond acceptors (Lipinski definition) is 7. The molecule has 13 heteroatoms. The lowest BCUT2D eigenvalue weighted by atomic mass is 9.96. The third-order valence-corrected chi connectivity index (χ3v) is 5.77. The van der Waals surface area contributed by atoms with E-state index in [1.165, 1.54) is 12.5 Å². The molecule has 0 aliphatic rings. The number of amides is 4. The number of nitrogens with one attached hydrogen (secondary N) is 4. The van der Waals surface area contributed by atoms with Crippen LogP contribution in [-0.4, -0.2) is 68.8 Å². The van der Waals surface area contributed by atoms with Crippen molar-refractivity contribution in [3.63, 3.8) is 0 Å². The number of imidazole rings is 1. The lowest BCUT2D eigenvalue weighted by Gasteiger charge is -2.28. The standard InChI is InChI=1S/C23H39N7O6/c1-5-13(4)19(30-20(32)15(24)6-7-18(25)31)22(34)28-16(9-14-10-26-11-27-14)21(33)29-17(23(35)36)8-12(2)3/h10-13,15-17,19H,5-9,24H2,1-4H3,(H2,25,31)(H,26,27)(H,28,34)(H,29,33)(H,30,32)(H,35,36). The monoisotopic (exact) mass is 509 g/mol. The number of carbonyl (C=O) groups is 5. The molecule has 0 aliphatic carbocycles. The lowest BCUT2D eigenvalue weighted by molar-refractivity contribution is -0.142. The number of carboxylic acids is 1. The van der Waals surface area contributed by atoms with Crippen LogP contribution >= 0.6 is 0 Å². The molecule has 36 heavy (non-hydrogen) atoms. The van der Waals surface area contributed by atoms with Gasteiger partial charge in [0.2, 0.25) is 23.6 Å². The maximum Gasteiger partial charge on any atom is 0.326 e. The number of carbonyl (C=O) groups excluding carboxylic acids is 4. The van der Waals surface area contributed by atoms with Crippen molar-refractivity contribution in [3.8, 4) is 0 Å². The third kappa shape index (κ3) is 10.4. The zero-order valence-corrected chi connectivity index (χ0v) is 21.2. The Labute approximate surface area is 210 Å². The largest absolute Gasteiger partial charge is 0.480 e. The first-order valence-electron chi connectivity index (χ1n) is 12.0. The Morgan fingerprint density at radius 3 is 2.17 bits per heavy atom. The van der Waals surface area contributed by atoms with E-state index >= 15 is 0 Å². The summed E-state index contributed by atoms with van der Waals surface area (Å²) in [6.45, 7) is 7.26. The summed E-state index contributed by atoms with van der Waals surface area (Å²) >= 11 is 0. The number of nitrogens with zero attached hydrogens (tertiary/aromatic N) is 1. The van der Waals surface area contributed by atoms with E-state index < -0.39 is 53.8 Å². The number of nitrogens with two attached hydrogens (primary N) is 2. The van der Waals surface area contributed by atoms with Gasteiger partial charge in [0.1, 0.15) is 18.1 Å². The predicted octanol–water partition coefficient (Wildman–Crippen LogP) is -0.824. The van der Waals surface area contributed by atoms with E-state index in [0.717, 1.165) is 0 Å². The van der Waals surface area contributed by atoms with Crippen molar-refractivity contribution < 1.29 is 29.1 Å². The lowest BCUT2D eigenvalue weighted by Crippen LogP contribution is -2.59. The highest BCUT2D eigenvalue weighted by atomic mass is 16.4. The number of aliphatic carboxylic acids is 1. The molecule has 1 rings (SSSR count). The number of hydrogen-bond donors (Lipinski definition) is 7. The number of rotatable bonds is 16. The Hall–Kier alpha value is -3.48. The summed E-state index contributed by atoms with van der Waals surface area (Å²) in [6, 6.07) is -4.34. The summed E-state index contributed by atoms with van der Waals surface area (Å²) in [6.07, 6.45) is 3.60. The zero-order chi connectivity index (χ0) is 27.4. The van der Waals surface area contributed by atoms with Crippen LogP contribution in [0.1, 0.15) is 59.1 Å². The van der Waals surface area contributed by atoms with Crippen molar-refractivity contribution >= 4 is 29.6 Å². The molecule has 4 amide bonds. The van der Waals surface area contributed by atoms with Gasteiger partial charge in [0, 0.05) is 24.7 Å². The van der Waals surface area contributed by atoms with Crippen LogP contribution in [0.25, 0.3) is 0 Å². The Morgan fingerprint density at radius 1 is 1.03 bits per heavy atom. The van der Waals surface area contributed by atoms with E-state index in [-0.39, 0.29) is 37.5 Å². The second kappa shape index (κ2) is 14.8. The van der Waals surface area contributed by atoms with Gasteiger partial charge in [-0.15, -0.1) is 0 Å².